The van der Waals surface area contributed by atoms with Gasteiger partial charge >= 0.3 is 0 Å². The molecule has 28 heavy (non-hydrogen) atoms. The van der Waals surface area contributed by atoms with Crippen molar-refractivity contribution in [2.75, 3.05) is 23.8 Å². The molecule has 2 heterocycles. The van der Waals surface area contributed by atoms with Crippen molar-refractivity contribution < 1.29 is 9.53 Å². The lowest BCUT2D eigenvalue weighted by Crippen LogP contribution is -2.37. The number of aromatic nitrogens is 1. The maximum Gasteiger partial charge on any atom is 0.260 e. The first-order valence-corrected chi connectivity index (χ1v) is 11.5. The zero-order chi connectivity index (χ0) is 19.5. The minimum absolute atomic E-state index is 0.0424. The molecule has 0 spiro atoms. The van der Waals surface area contributed by atoms with Gasteiger partial charge in [-0.1, -0.05) is 35.9 Å². The third-order valence-corrected chi connectivity index (χ3v) is 6.77. The number of hydrogen-bond donors (Lipinski definition) is 0. The first kappa shape index (κ1) is 19.7. The number of anilines is 1. The van der Waals surface area contributed by atoms with Gasteiger partial charge in [0.05, 0.1) is 22.9 Å². The number of ether oxygens (including phenoxy) is 1. The summed E-state index contributed by atoms with van der Waals surface area (Å²) in [5, 5.41) is 1.36. The zero-order valence-electron chi connectivity index (χ0n) is 15.6. The first-order chi connectivity index (χ1) is 13.6. The lowest BCUT2D eigenvalue weighted by molar-refractivity contribution is 0.0917. The molecule has 1 amide bonds. The Morgan fingerprint density at radius 3 is 3.04 bits per heavy atom. The Morgan fingerprint density at radius 1 is 1.36 bits per heavy atom. The number of hydrogen-bond acceptors (Lipinski definition) is 5. The van der Waals surface area contributed by atoms with Crippen LogP contribution in [0.4, 0.5) is 5.13 Å². The molecular formula is C21H21ClN2O2S2. The maximum atomic E-state index is 13.4. The maximum absolute atomic E-state index is 13.4. The second-order valence-corrected chi connectivity index (χ2v) is 9.40. The number of benzene rings is 2. The highest BCUT2D eigenvalue weighted by Crippen LogP contribution is 2.32. The summed E-state index contributed by atoms with van der Waals surface area (Å²) in [7, 11) is 0. The predicted molar refractivity (Wildman–Crippen MR) is 118 cm³/mol. The number of amides is 1. The molecule has 0 radical (unpaired) electrons. The van der Waals surface area contributed by atoms with Gasteiger partial charge in [0.1, 0.15) is 0 Å². The lowest BCUT2D eigenvalue weighted by Gasteiger charge is -2.23. The number of nitrogens with zero attached hydrogens (tertiary/aromatic N) is 2. The van der Waals surface area contributed by atoms with Gasteiger partial charge < -0.3 is 4.74 Å². The van der Waals surface area contributed by atoms with Crippen LogP contribution in [0.5, 0.6) is 0 Å². The molecule has 1 saturated heterocycles. The van der Waals surface area contributed by atoms with E-state index in [2.05, 4.69) is 6.92 Å². The number of carbonyl (C=O) groups is 1. The van der Waals surface area contributed by atoms with Crippen LogP contribution in [0.3, 0.4) is 0 Å². The predicted octanol–water partition coefficient (Wildman–Crippen LogP) is 5.89. The highest BCUT2D eigenvalue weighted by molar-refractivity contribution is 7.99. The van der Waals surface area contributed by atoms with Gasteiger partial charge in [-0.25, -0.2) is 4.98 Å². The molecule has 4 rings (SSSR count). The number of carbonyl (C=O) groups excluding carboxylic acids is 1. The Bertz CT molecular complexity index is 985. The Hall–Kier alpha value is -1.60. The van der Waals surface area contributed by atoms with E-state index in [-0.39, 0.29) is 12.0 Å². The highest BCUT2D eigenvalue weighted by Gasteiger charge is 2.27. The molecule has 0 bridgehead atoms. The minimum atomic E-state index is -0.0424. The third kappa shape index (κ3) is 4.35. The van der Waals surface area contributed by atoms with Crippen molar-refractivity contribution in [3.8, 4) is 0 Å². The van der Waals surface area contributed by atoms with E-state index in [1.807, 2.05) is 42.5 Å². The number of thiazole rings is 1. The highest BCUT2D eigenvalue weighted by atomic mass is 35.5. The van der Waals surface area contributed by atoms with Crippen LogP contribution in [0.15, 0.2) is 47.4 Å². The summed E-state index contributed by atoms with van der Waals surface area (Å²) < 4.78 is 6.78. The summed E-state index contributed by atoms with van der Waals surface area (Å²) >= 11 is 9.35. The molecule has 146 valence electrons. The summed E-state index contributed by atoms with van der Waals surface area (Å²) in [5.74, 6) is 0.926. The summed E-state index contributed by atoms with van der Waals surface area (Å²) in [4.78, 5) is 21.0. The van der Waals surface area contributed by atoms with E-state index in [1.54, 1.807) is 16.7 Å². The van der Waals surface area contributed by atoms with Crippen molar-refractivity contribution in [1.82, 2.24) is 4.98 Å². The van der Waals surface area contributed by atoms with Crippen LogP contribution in [0.25, 0.3) is 10.2 Å². The van der Waals surface area contributed by atoms with E-state index < -0.39 is 0 Å². The van der Waals surface area contributed by atoms with Gasteiger partial charge in [-0.3, -0.25) is 9.69 Å². The molecule has 0 N–H and O–H groups in total. The van der Waals surface area contributed by atoms with Gasteiger partial charge in [-0.15, -0.1) is 11.8 Å². The largest absolute Gasteiger partial charge is 0.376 e. The number of thioether (sulfide) groups is 1. The molecule has 1 aliphatic heterocycles. The molecule has 3 aromatic rings. The van der Waals surface area contributed by atoms with Crippen molar-refractivity contribution in [2.24, 2.45) is 0 Å². The second kappa shape index (κ2) is 8.82. The van der Waals surface area contributed by atoms with E-state index in [4.69, 9.17) is 21.3 Å². The van der Waals surface area contributed by atoms with Crippen LogP contribution < -0.4 is 4.90 Å². The average molecular weight is 433 g/mol. The number of halogens is 1. The molecule has 7 heteroatoms. The summed E-state index contributed by atoms with van der Waals surface area (Å²) in [6.07, 6.45) is 2.05. The number of fused-ring (bicyclic) bond motifs is 1. The zero-order valence-corrected chi connectivity index (χ0v) is 17.9. The monoisotopic (exact) mass is 432 g/mol. The third-order valence-electron chi connectivity index (χ3n) is 4.62. The molecular weight excluding hydrogens is 412 g/mol. The van der Waals surface area contributed by atoms with Gasteiger partial charge in [0, 0.05) is 22.1 Å². The minimum Gasteiger partial charge on any atom is -0.376 e. The van der Waals surface area contributed by atoms with E-state index in [0.29, 0.717) is 22.3 Å². The van der Waals surface area contributed by atoms with E-state index in [9.17, 15) is 4.79 Å². The van der Waals surface area contributed by atoms with Gasteiger partial charge in [0.15, 0.2) is 5.13 Å². The molecule has 1 fully saturated rings. The normalized spacial score (nSPS) is 16.6. The Morgan fingerprint density at radius 2 is 2.25 bits per heavy atom. The van der Waals surface area contributed by atoms with Crippen LogP contribution in [-0.2, 0) is 4.74 Å². The molecule has 1 aliphatic rings. The molecule has 0 aliphatic carbocycles. The lowest BCUT2D eigenvalue weighted by atomic mass is 10.2. The van der Waals surface area contributed by atoms with Crippen LogP contribution in [0, 0.1) is 0 Å². The Labute approximate surface area is 177 Å². The second-order valence-electron chi connectivity index (χ2n) is 6.62. The summed E-state index contributed by atoms with van der Waals surface area (Å²) in [5.41, 5.74) is 1.53. The van der Waals surface area contributed by atoms with Crippen molar-refractivity contribution in [2.45, 2.75) is 30.8 Å². The standard InChI is InChI=1S/C21H21ClN2O2S2/c1-2-27-17-7-3-5-14(11-17)20(25)24(13-16-6-4-10-26-16)21-23-18-9-8-15(22)12-19(18)28-21/h3,5,7-9,11-12,16H,2,4,6,10,13H2,1H3. The summed E-state index contributed by atoms with van der Waals surface area (Å²) in [6, 6.07) is 13.4. The van der Waals surface area contributed by atoms with Crippen molar-refractivity contribution >= 4 is 56.0 Å². The van der Waals surface area contributed by atoms with E-state index >= 15 is 0 Å². The SMILES string of the molecule is CCSc1cccc(C(=O)N(CC2CCCO2)c2nc3ccc(Cl)cc3s2)c1. The van der Waals surface area contributed by atoms with E-state index in [0.717, 1.165) is 40.3 Å². The first-order valence-electron chi connectivity index (χ1n) is 9.36. The van der Waals surface area contributed by atoms with Crippen LogP contribution in [0.2, 0.25) is 5.02 Å². The molecule has 1 atom stereocenters. The van der Waals surface area contributed by atoms with Gasteiger partial charge in [0.2, 0.25) is 0 Å². The van der Waals surface area contributed by atoms with Crippen molar-refractivity contribution in [3.05, 3.63) is 53.1 Å². The fraction of sp³-hybridized carbons (Fsp3) is 0.333. The fourth-order valence-corrected chi connectivity index (χ4v) is 5.25. The topological polar surface area (TPSA) is 42.4 Å². The number of rotatable bonds is 6. The molecule has 4 nitrogen and oxygen atoms in total. The van der Waals surface area contributed by atoms with Crippen molar-refractivity contribution in [3.63, 3.8) is 0 Å². The van der Waals surface area contributed by atoms with E-state index in [1.165, 1.54) is 11.3 Å². The average Bonchev–Trinajstić information content (AvgIpc) is 3.35. The Kier molecular flexibility index (Phi) is 6.21. The molecule has 1 aromatic heterocycles. The molecule has 0 saturated carbocycles. The van der Waals surface area contributed by atoms with Crippen LogP contribution in [0.1, 0.15) is 30.1 Å². The Balaban J connectivity index is 1.69. The van der Waals surface area contributed by atoms with Gasteiger partial charge in [-0.2, -0.15) is 0 Å². The van der Waals surface area contributed by atoms with Gasteiger partial charge in [0.25, 0.3) is 5.91 Å². The van der Waals surface area contributed by atoms with Crippen molar-refractivity contribution in [1.29, 1.82) is 0 Å². The van der Waals surface area contributed by atoms with Crippen LogP contribution in [-0.4, -0.2) is 35.9 Å². The smallest absolute Gasteiger partial charge is 0.260 e. The molecule has 1 unspecified atom stereocenters. The van der Waals surface area contributed by atoms with Gasteiger partial charge in [-0.05, 0) is 55.0 Å². The van der Waals surface area contributed by atoms with Crippen LogP contribution >= 0.6 is 34.7 Å². The summed E-state index contributed by atoms with van der Waals surface area (Å²) in [6.45, 7) is 3.37. The molecule has 2 aromatic carbocycles. The quantitative estimate of drug-likeness (QED) is 0.455. The fourth-order valence-electron chi connectivity index (χ4n) is 3.28.